The van der Waals surface area contributed by atoms with E-state index in [1.54, 1.807) is 0 Å². The Morgan fingerprint density at radius 3 is 2.29 bits per heavy atom. The van der Waals surface area contributed by atoms with Crippen LogP contribution in [-0.4, -0.2) is 35.8 Å². The molecule has 9 nitrogen and oxygen atoms in total. The van der Waals surface area contributed by atoms with E-state index in [-0.39, 0.29) is 39.8 Å². The van der Waals surface area contributed by atoms with Crippen LogP contribution in [0.1, 0.15) is 27.9 Å². The number of amides is 2. The van der Waals surface area contributed by atoms with Crippen LogP contribution in [0.15, 0.2) is 35.3 Å². The minimum Gasteiger partial charge on any atom is -0.481 e. The summed E-state index contributed by atoms with van der Waals surface area (Å²) in [4.78, 5) is 39.0. The lowest BCUT2D eigenvalue weighted by molar-refractivity contribution is -0.138. The number of nitrogens with one attached hydrogen (secondary N) is 3. The van der Waals surface area contributed by atoms with Crippen molar-refractivity contribution < 1.29 is 32.7 Å². The van der Waals surface area contributed by atoms with E-state index in [2.05, 4.69) is 15.6 Å². The zero-order chi connectivity index (χ0) is 25.5. The molecule has 34 heavy (non-hydrogen) atoms. The second kappa shape index (κ2) is 11.7. The summed E-state index contributed by atoms with van der Waals surface area (Å²) < 4.78 is 39.4. The lowest BCUT2D eigenvalue weighted by Crippen LogP contribution is -2.33. The first-order valence-electron chi connectivity index (χ1n) is 9.39. The maximum absolute atomic E-state index is 13.1. The molecule has 0 aliphatic carbocycles. The number of halogens is 5. The highest BCUT2D eigenvalue weighted by Gasteiger charge is 2.32. The highest BCUT2D eigenvalue weighted by molar-refractivity contribution is 6.39. The summed E-state index contributed by atoms with van der Waals surface area (Å²) in [7, 11) is 0. The van der Waals surface area contributed by atoms with E-state index in [1.165, 1.54) is 12.1 Å². The number of aliphatic imine (C=N–C) groups is 1. The Kier molecular flexibility index (Phi) is 9.24. The van der Waals surface area contributed by atoms with Crippen LogP contribution >= 0.6 is 23.2 Å². The summed E-state index contributed by atoms with van der Waals surface area (Å²) in [6.45, 7) is -0.606. The van der Waals surface area contributed by atoms with Crippen molar-refractivity contribution in [3.05, 3.63) is 57.1 Å². The number of carbonyl (C=O) groups excluding carboxylic acids is 2. The SMILES string of the molecule is NNC=Nc1cc(C(=O)NCC(=O)Nc2c(Cl)cc(CCC(=O)O)cc2Cl)cc(C(F)(F)F)c1. The van der Waals surface area contributed by atoms with E-state index >= 15 is 0 Å². The summed E-state index contributed by atoms with van der Waals surface area (Å²) in [6, 6.07) is 5.30. The minimum absolute atomic E-state index is 0.0339. The smallest absolute Gasteiger partial charge is 0.416 e. The molecule has 2 aromatic rings. The van der Waals surface area contributed by atoms with Crippen molar-refractivity contribution in [2.75, 3.05) is 11.9 Å². The number of nitrogens with zero attached hydrogens (tertiary/aromatic N) is 1. The lowest BCUT2D eigenvalue weighted by atomic mass is 10.1. The molecule has 2 aromatic carbocycles. The van der Waals surface area contributed by atoms with Crippen molar-refractivity contribution in [1.29, 1.82) is 0 Å². The van der Waals surface area contributed by atoms with Crippen LogP contribution in [0.5, 0.6) is 0 Å². The quantitative estimate of drug-likeness (QED) is 0.148. The Morgan fingerprint density at radius 2 is 1.74 bits per heavy atom. The standard InChI is InChI=1S/C20H18Cl2F3N5O4/c21-14-3-10(1-2-17(32)33)4-15(22)18(14)30-16(31)8-27-19(34)11-5-12(20(23,24)25)7-13(6-11)28-9-29-26/h3-7,9H,1-2,8,26H2,(H,27,34)(H,28,29)(H,30,31)(H,32,33). The van der Waals surface area contributed by atoms with Crippen LogP contribution < -0.4 is 21.9 Å². The molecule has 2 amide bonds. The normalized spacial score (nSPS) is 11.4. The Labute approximate surface area is 201 Å². The summed E-state index contributed by atoms with van der Waals surface area (Å²) in [5.41, 5.74) is 0.919. The van der Waals surface area contributed by atoms with Gasteiger partial charge in [0.1, 0.15) is 6.34 Å². The number of aryl methyl sites for hydroxylation is 1. The first-order chi connectivity index (χ1) is 15.9. The second-order valence-electron chi connectivity index (χ2n) is 6.75. The number of aliphatic carboxylic acids is 1. The second-order valence-corrected chi connectivity index (χ2v) is 7.56. The first kappa shape index (κ1) is 26.9. The summed E-state index contributed by atoms with van der Waals surface area (Å²) in [5.74, 6) is 2.29. The number of hydrazine groups is 1. The molecular weight excluding hydrogens is 502 g/mol. The number of nitrogens with two attached hydrogens (primary N) is 1. The largest absolute Gasteiger partial charge is 0.481 e. The van der Waals surface area contributed by atoms with Gasteiger partial charge in [-0.2, -0.15) is 13.2 Å². The van der Waals surface area contributed by atoms with Gasteiger partial charge in [0.15, 0.2) is 0 Å². The van der Waals surface area contributed by atoms with Crippen LogP contribution in [0.2, 0.25) is 10.0 Å². The molecule has 0 saturated heterocycles. The van der Waals surface area contributed by atoms with E-state index in [1.807, 2.05) is 5.43 Å². The molecule has 0 unspecified atom stereocenters. The summed E-state index contributed by atoms with van der Waals surface area (Å²) in [5, 5.41) is 13.4. The van der Waals surface area contributed by atoms with Crippen LogP contribution in [0.25, 0.3) is 0 Å². The molecule has 0 atom stereocenters. The van der Waals surface area contributed by atoms with Crippen LogP contribution in [-0.2, 0) is 22.2 Å². The van der Waals surface area contributed by atoms with Gasteiger partial charge in [0.2, 0.25) is 5.91 Å². The Bertz CT molecular complexity index is 1100. The van der Waals surface area contributed by atoms with Crippen molar-refractivity contribution >= 4 is 58.7 Å². The van der Waals surface area contributed by atoms with Crippen LogP contribution in [0, 0.1) is 0 Å². The fourth-order valence-corrected chi connectivity index (χ4v) is 3.31. The zero-order valence-electron chi connectivity index (χ0n) is 17.2. The minimum atomic E-state index is -4.74. The molecule has 0 saturated carbocycles. The maximum Gasteiger partial charge on any atom is 0.416 e. The van der Waals surface area contributed by atoms with Gasteiger partial charge in [0, 0.05) is 12.0 Å². The van der Waals surface area contributed by atoms with Crippen molar-refractivity contribution in [1.82, 2.24) is 10.7 Å². The Hall–Kier alpha value is -3.35. The number of alkyl halides is 3. The molecule has 0 aromatic heterocycles. The first-order valence-corrected chi connectivity index (χ1v) is 10.1. The van der Waals surface area contributed by atoms with Gasteiger partial charge in [0.05, 0.1) is 33.5 Å². The highest BCUT2D eigenvalue weighted by atomic mass is 35.5. The Balaban J connectivity index is 2.10. The van der Waals surface area contributed by atoms with E-state index in [4.69, 9.17) is 34.2 Å². The number of carboxylic acids is 1. The molecule has 0 aliphatic rings. The van der Waals surface area contributed by atoms with Gasteiger partial charge in [-0.05, 0) is 42.3 Å². The van der Waals surface area contributed by atoms with Gasteiger partial charge in [-0.3, -0.25) is 14.4 Å². The molecule has 2 rings (SSSR count). The van der Waals surface area contributed by atoms with Gasteiger partial charge in [-0.25, -0.2) is 10.8 Å². The third kappa shape index (κ3) is 7.90. The molecule has 182 valence electrons. The van der Waals surface area contributed by atoms with Crippen LogP contribution in [0.4, 0.5) is 24.5 Å². The van der Waals surface area contributed by atoms with Crippen LogP contribution in [0.3, 0.4) is 0 Å². The molecule has 14 heteroatoms. The molecule has 0 fully saturated rings. The van der Waals surface area contributed by atoms with E-state index in [0.29, 0.717) is 11.6 Å². The lowest BCUT2D eigenvalue weighted by Gasteiger charge is -2.13. The molecule has 0 bridgehead atoms. The van der Waals surface area contributed by atoms with Gasteiger partial charge in [0.25, 0.3) is 5.91 Å². The highest BCUT2D eigenvalue weighted by Crippen LogP contribution is 2.33. The van der Waals surface area contributed by atoms with Crippen molar-refractivity contribution in [3.63, 3.8) is 0 Å². The van der Waals surface area contributed by atoms with Gasteiger partial charge >= 0.3 is 12.1 Å². The number of rotatable bonds is 9. The molecule has 0 spiro atoms. The van der Waals surface area contributed by atoms with Gasteiger partial charge in [-0.15, -0.1) is 0 Å². The number of hydrogen-bond acceptors (Lipinski definition) is 5. The predicted molar refractivity (Wildman–Crippen MR) is 120 cm³/mol. The molecule has 0 heterocycles. The topological polar surface area (TPSA) is 146 Å². The fourth-order valence-electron chi connectivity index (χ4n) is 2.68. The number of carboxylic acid groups (broad SMARTS) is 1. The molecule has 0 radical (unpaired) electrons. The summed E-state index contributed by atoms with van der Waals surface area (Å²) in [6.07, 6.45) is -3.78. The third-order valence-corrected chi connectivity index (χ3v) is 4.79. The average molecular weight is 520 g/mol. The number of carbonyl (C=O) groups is 3. The molecular formula is C20H18Cl2F3N5O4. The van der Waals surface area contributed by atoms with Gasteiger partial charge < -0.3 is 21.2 Å². The molecule has 0 aliphatic heterocycles. The summed E-state index contributed by atoms with van der Waals surface area (Å²) >= 11 is 12.2. The van der Waals surface area contributed by atoms with E-state index in [9.17, 15) is 27.6 Å². The van der Waals surface area contributed by atoms with Gasteiger partial charge in [-0.1, -0.05) is 23.2 Å². The average Bonchev–Trinajstić information content (AvgIpc) is 2.76. The Morgan fingerprint density at radius 1 is 1.09 bits per heavy atom. The van der Waals surface area contributed by atoms with E-state index in [0.717, 1.165) is 18.5 Å². The maximum atomic E-state index is 13.1. The van der Waals surface area contributed by atoms with Crippen molar-refractivity contribution in [3.8, 4) is 0 Å². The van der Waals surface area contributed by atoms with Crippen molar-refractivity contribution in [2.24, 2.45) is 10.8 Å². The fraction of sp³-hybridized carbons (Fsp3) is 0.200. The van der Waals surface area contributed by atoms with E-state index < -0.39 is 36.1 Å². The van der Waals surface area contributed by atoms with Crippen molar-refractivity contribution in [2.45, 2.75) is 19.0 Å². The third-order valence-electron chi connectivity index (χ3n) is 4.20. The molecule has 6 N–H and O–H groups in total. The number of hydrogen-bond donors (Lipinski definition) is 5. The number of anilines is 1. The monoisotopic (exact) mass is 519 g/mol. The number of benzene rings is 2. The zero-order valence-corrected chi connectivity index (χ0v) is 18.7. The predicted octanol–water partition coefficient (Wildman–Crippen LogP) is 3.52.